The van der Waals surface area contributed by atoms with Gasteiger partial charge in [-0.1, -0.05) is 12.2 Å². The molecule has 0 spiro atoms. The van der Waals surface area contributed by atoms with Crippen molar-refractivity contribution >= 4 is 17.6 Å². The van der Waals surface area contributed by atoms with E-state index in [-0.39, 0.29) is 35.4 Å². The summed E-state index contributed by atoms with van der Waals surface area (Å²) < 4.78 is 0. The first-order valence-corrected chi connectivity index (χ1v) is 5.13. The van der Waals surface area contributed by atoms with Gasteiger partial charge in [0.25, 0.3) is 0 Å². The Labute approximate surface area is 86.9 Å². The molecule has 4 unspecified atom stereocenters. The van der Waals surface area contributed by atoms with Crippen LogP contribution in [-0.2, 0) is 14.4 Å². The van der Waals surface area contributed by atoms with Crippen LogP contribution in [0, 0.1) is 23.7 Å². The van der Waals surface area contributed by atoms with E-state index in [1.807, 2.05) is 12.2 Å². The van der Waals surface area contributed by atoms with Crippen LogP contribution in [0.25, 0.3) is 0 Å². The van der Waals surface area contributed by atoms with Crippen molar-refractivity contribution < 1.29 is 14.4 Å². The molecule has 4 heteroatoms. The van der Waals surface area contributed by atoms with Crippen molar-refractivity contribution in [3.8, 4) is 0 Å². The molecule has 2 bridgehead atoms. The van der Waals surface area contributed by atoms with Crippen LogP contribution >= 0.6 is 0 Å². The van der Waals surface area contributed by atoms with Crippen LogP contribution in [-0.4, -0.2) is 29.5 Å². The number of Topliss-reactive ketones (excluding diaryl/α,β-unsaturated/α-hetero) is 1. The Bertz CT molecular complexity index is 412. The van der Waals surface area contributed by atoms with E-state index in [1.54, 1.807) is 0 Å². The minimum atomic E-state index is -0.404. The molecule has 4 atom stereocenters. The minimum absolute atomic E-state index is 0.0473. The average Bonchev–Trinajstić information content (AvgIpc) is 2.46. The van der Waals surface area contributed by atoms with Crippen LogP contribution in [0.1, 0.15) is 6.42 Å². The highest BCUT2D eigenvalue weighted by atomic mass is 16.2. The van der Waals surface area contributed by atoms with E-state index in [9.17, 15) is 14.4 Å². The normalized spacial score (nSPS) is 42.7. The van der Waals surface area contributed by atoms with Crippen LogP contribution in [0.2, 0.25) is 0 Å². The highest BCUT2D eigenvalue weighted by Gasteiger charge is 2.58. The number of allylic oxidation sites excluding steroid dienone is 2. The molecule has 1 saturated carbocycles. The van der Waals surface area contributed by atoms with Crippen molar-refractivity contribution in [3.05, 3.63) is 12.2 Å². The Morgan fingerprint density at radius 3 is 2.47 bits per heavy atom. The number of carbonyl (C=O) groups is 3. The van der Waals surface area contributed by atoms with Crippen LogP contribution < -0.4 is 0 Å². The zero-order chi connectivity index (χ0) is 10.7. The number of ketones is 1. The van der Waals surface area contributed by atoms with Crippen molar-refractivity contribution in [2.75, 3.05) is 7.05 Å². The summed E-state index contributed by atoms with van der Waals surface area (Å²) in [6, 6.07) is 0. The third kappa shape index (κ3) is 0.893. The van der Waals surface area contributed by atoms with Gasteiger partial charge in [-0.15, -0.1) is 0 Å². The highest BCUT2D eigenvalue weighted by Crippen LogP contribution is 2.47. The van der Waals surface area contributed by atoms with Gasteiger partial charge in [0.1, 0.15) is 5.78 Å². The third-order valence-electron chi connectivity index (χ3n) is 3.84. The summed E-state index contributed by atoms with van der Waals surface area (Å²) in [5.74, 6) is -1.25. The zero-order valence-corrected chi connectivity index (χ0v) is 8.34. The standard InChI is InChI=1S/C11H11NO3/c1-12-10(14)8-5-2-3-6(7(13)4-5)9(8)11(12)15/h2-3,5-6,8-9H,4H2,1H3. The summed E-state index contributed by atoms with van der Waals surface area (Å²) in [5, 5.41) is 0. The fourth-order valence-corrected chi connectivity index (χ4v) is 3.06. The van der Waals surface area contributed by atoms with E-state index in [2.05, 4.69) is 0 Å². The Hall–Kier alpha value is -1.45. The Balaban J connectivity index is 2.11. The van der Waals surface area contributed by atoms with Crippen LogP contribution in [0.4, 0.5) is 0 Å². The number of fused-ring (bicyclic) bond motifs is 1. The Morgan fingerprint density at radius 2 is 1.80 bits per heavy atom. The molecule has 0 aromatic heterocycles. The van der Waals surface area contributed by atoms with E-state index >= 15 is 0 Å². The van der Waals surface area contributed by atoms with Crippen molar-refractivity contribution in [1.29, 1.82) is 0 Å². The molecule has 1 saturated heterocycles. The maximum absolute atomic E-state index is 11.8. The zero-order valence-electron chi connectivity index (χ0n) is 8.34. The smallest absolute Gasteiger partial charge is 0.233 e. The minimum Gasteiger partial charge on any atom is -0.299 e. The van der Waals surface area contributed by atoms with E-state index in [0.717, 1.165) is 0 Å². The van der Waals surface area contributed by atoms with Gasteiger partial charge < -0.3 is 0 Å². The average molecular weight is 205 g/mol. The number of likely N-dealkylation sites (tertiary alicyclic amines) is 1. The van der Waals surface area contributed by atoms with Gasteiger partial charge in [0.05, 0.1) is 11.8 Å². The third-order valence-corrected chi connectivity index (χ3v) is 3.84. The monoisotopic (exact) mass is 205 g/mol. The maximum Gasteiger partial charge on any atom is 0.233 e. The van der Waals surface area contributed by atoms with Crippen LogP contribution in [0.15, 0.2) is 12.2 Å². The summed E-state index contributed by atoms with van der Waals surface area (Å²) in [7, 11) is 1.51. The summed E-state index contributed by atoms with van der Waals surface area (Å²) in [6.45, 7) is 0. The quantitative estimate of drug-likeness (QED) is 0.413. The molecule has 0 aromatic carbocycles. The lowest BCUT2D eigenvalue weighted by Crippen LogP contribution is -2.43. The number of nitrogens with zero attached hydrogens (tertiary/aromatic N) is 1. The van der Waals surface area contributed by atoms with E-state index in [0.29, 0.717) is 6.42 Å². The summed E-state index contributed by atoms with van der Waals surface area (Å²) >= 11 is 0. The van der Waals surface area contributed by atoms with Gasteiger partial charge in [0.2, 0.25) is 11.8 Å². The number of imide groups is 1. The lowest BCUT2D eigenvalue weighted by Gasteiger charge is -2.36. The molecular weight excluding hydrogens is 194 g/mol. The van der Waals surface area contributed by atoms with Crippen molar-refractivity contribution in [1.82, 2.24) is 4.90 Å². The van der Waals surface area contributed by atoms with Gasteiger partial charge in [-0.25, -0.2) is 0 Å². The molecule has 1 heterocycles. The van der Waals surface area contributed by atoms with Crippen LogP contribution in [0.5, 0.6) is 0 Å². The number of hydrogen-bond acceptors (Lipinski definition) is 3. The molecule has 0 N–H and O–H groups in total. The van der Waals surface area contributed by atoms with Crippen molar-refractivity contribution in [2.45, 2.75) is 6.42 Å². The molecule has 78 valence electrons. The Morgan fingerprint density at radius 1 is 1.13 bits per heavy atom. The second-order valence-electron chi connectivity index (χ2n) is 4.53. The van der Waals surface area contributed by atoms with Crippen LogP contribution in [0.3, 0.4) is 0 Å². The number of hydrogen-bond donors (Lipinski definition) is 0. The molecule has 2 amide bonds. The fourth-order valence-electron chi connectivity index (χ4n) is 3.06. The fraction of sp³-hybridized carbons (Fsp3) is 0.545. The number of amides is 2. The molecule has 3 aliphatic carbocycles. The molecule has 4 aliphatic rings. The van der Waals surface area contributed by atoms with E-state index in [1.165, 1.54) is 11.9 Å². The van der Waals surface area contributed by atoms with Gasteiger partial charge in [0, 0.05) is 19.4 Å². The van der Waals surface area contributed by atoms with Gasteiger partial charge in [-0.05, 0) is 5.92 Å². The molecule has 4 nitrogen and oxygen atoms in total. The molecule has 2 fully saturated rings. The van der Waals surface area contributed by atoms with Gasteiger partial charge in [-0.3, -0.25) is 19.3 Å². The topological polar surface area (TPSA) is 54.5 Å². The van der Waals surface area contributed by atoms with E-state index in [4.69, 9.17) is 0 Å². The van der Waals surface area contributed by atoms with Gasteiger partial charge in [-0.2, -0.15) is 0 Å². The highest BCUT2D eigenvalue weighted by molar-refractivity contribution is 6.09. The predicted octanol–water partition coefficient (Wildman–Crippen LogP) is -0.00760. The second kappa shape index (κ2) is 2.56. The summed E-state index contributed by atoms with van der Waals surface area (Å²) in [5.41, 5.74) is 0. The van der Waals surface area contributed by atoms with E-state index < -0.39 is 5.92 Å². The van der Waals surface area contributed by atoms with Gasteiger partial charge >= 0.3 is 0 Å². The SMILES string of the molecule is CN1C(=O)C2C3C=CC(C(=O)C3)C2C1=O. The summed E-state index contributed by atoms with van der Waals surface area (Å²) in [4.78, 5) is 36.4. The first-order chi connectivity index (χ1) is 7.11. The maximum atomic E-state index is 11.8. The molecular formula is C11H11NO3. The number of rotatable bonds is 0. The largest absolute Gasteiger partial charge is 0.299 e. The van der Waals surface area contributed by atoms with Crippen molar-refractivity contribution in [2.24, 2.45) is 23.7 Å². The molecule has 0 aromatic rings. The Kier molecular flexibility index (Phi) is 1.51. The molecule has 4 rings (SSSR count). The molecule has 0 radical (unpaired) electrons. The second-order valence-corrected chi connectivity index (χ2v) is 4.53. The van der Waals surface area contributed by atoms with Crippen molar-refractivity contribution in [3.63, 3.8) is 0 Å². The predicted molar refractivity (Wildman–Crippen MR) is 50.5 cm³/mol. The first kappa shape index (κ1) is 8.83. The molecule has 15 heavy (non-hydrogen) atoms. The lowest BCUT2D eigenvalue weighted by molar-refractivity contribution is -0.139. The lowest BCUT2D eigenvalue weighted by atomic mass is 9.63. The molecule has 1 aliphatic heterocycles. The van der Waals surface area contributed by atoms with Gasteiger partial charge in [0.15, 0.2) is 0 Å². The summed E-state index contributed by atoms with van der Waals surface area (Å²) in [6.07, 6.45) is 4.16. The first-order valence-electron chi connectivity index (χ1n) is 5.13. The number of carbonyl (C=O) groups excluding carboxylic acids is 3.